The van der Waals surface area contributed by atoms with Crippen molar-refractivity contribution in [2.75, 3.05) is 31.2 Å². The lowest BCUT2D eigenvalue weighted by Crippen LogP contribution is -2.51. The van der Waals surface area contributed by atoms with Crippen LogP contribution in [0.2, 0.25) is 0 Å². The molecule has 41 heavy (non-hydrogen) atoms. The summed E-state index contributed by atoms with van der Waals surface area (Å²) >= 11 is 0. The molecule has 1 saturated heterocycles. The summed E-state index contributed by atoms with van der Waals surface area (Å²) in [5.41, 5.74) is 5.13. The summed E-state index contributed by atoms with van der Waals surface area (Å²) in [7, 11) is 0. The highest BCUT2D eigenvalue weighted by Crippen LogP contribution is 2.69. The average molecular weight is 556 g/mol. The van der Waals surface area contributed by atoms with Gasteiger partial charge in [-0.15, -0.1) is 0 Å². The zero-order chi connectivity index (χ0) is 28.8. The van der Waals surface area contributed by atoms with Gasteiger partial charge in [-0.2, -0.15) is 0 Å². The van der Waals surface area contributed by atoms with E-state index >= 15 is 0 Å². The molecule has 4 aliphatic carbocycles. The summed E-state index contributed by atoms with van der Waals surface area (Å²) in [4.78, 5) is 40.5. The topological polar surface area (TPSA) is 83.9 Å². The van der Waals surface area contributed by atoms with Crippen molar-refractivity contribution in [1.29, 1.82) is 0 Å². The minimum Gasteiger partial charge on any atom is -0.458 e. The lowest BCUT2D eigenvalue weighted by molar-refractivity contribution is -0.150. The molecule has 1 aliphatic heterocycles. The number of ether oxygens (including phenoxy) is 1. The lowest BCUT2D eigenvalue weighted by atomic mass is 9.48. The van der Waals surface area contributed by atoms with Crippen molar-refractivity contribution in [2.45, 2.75) is 77.6 Å². The summed E-state index contributed by atoms with van der Waals surface area (Å²) < 4.78 is 5.23. The number of aliphatic hydroxyl groups is 1. The van der Waals surface area contributed by atoms with Gasteiger partial charge in [0.1, 0.15) is 6.61 Å². The molecule has 5 aliphatic rings. The van der Waals surface area contributed by atoms with Crippen LogP contribution in [0, 0.1) is 34.5 Å². The van der Waals surface area contributed by atoms with E-state index in [-0.39, 0.29) is 36.6 Å². The average Bonchev–Trinajstić information content (AvgIpc) is 3.61. The molecular weight excluding hydrogens is 514 g/mol. The van der Waals surface area contributed by atoms with Crippen molar-refractivity contribution < 1.29 is 24.2 Å². The standard InChI is InChI=1S/C35H41NO5/c1-23(38)41-22-32(40)35(15-5-19-37)16-14-31-29-12-8-25-20-27(39)11-13-28(25)33(29)30(21-34(31,35)2)24-6-9-26(10-7-24)36-17-3-4-18-36/h6-7,9-10,20,29-31,37H,3-4,8,11-14,16-19,21-22H2,1-2H3/t29-,30?,31-,34-,35+/m0/s1. The second-order valence-electron chi connectivity index (χ2n) is 12.9. The molecule has 1 heterocycles. The van der Waals surface area contributed by atoms with E-state index in [1.54, 1.807) is 0 Å². The van der Waals surface area contributed by atoms with Gasteiger partial charge in [-0.25, -0.2) is 0 Å². The van der Waals surface area contributed by atoms with E-state index in [1.807, 2.05) is 6.08 Å². The maximum Gasteiger partial charge on any atom is 0.303 e. The lowest BCUT2D eigenvalue weighted by Gasteiger charge is -2.54. The van der Waals surface area contributed by atoms with Crippen LogP contribution in [0.5, 0.6) is 0 Å². The SMILES string of the molecule is CC(=O)OCC(=O)[C@@]1(C#CCO)CC[C@H]2[C@@H]3CCC4=CC(=O)CCC4=C3C(c3ccc(N4CCCC4)cc3)C[C@@]21C. The van der Waals surface area contributed by atoms with Crippen LogP contribution in [-0.4, -0.2) is 48.9 Å². The largest absolute Gasteiger partial charge is 0.458 e. The number of carbonyl (C=O) groups is 3. The number of fused-ring (bicyclic) bond motifs is 4. The Morgan fingerprint density at radius 1 is 1.10 bits per heavy atom. The Balaban J connectivity index is 1.46. The first-order valence-corrected chi connectivity index (χ1v) is 15.4. The van der Waals surface area contributed by atoms with E-state index in [4.69, 9.17) is 4.74 Å². The van der Waals surface area contributed by atoms with Crippen LogP contribution >= 0.6 is 0 Å². The van der Waals surface area contributed by atoms with Gasteiger partial charge >= 0.3 is 5.97 Å². The molecule has 6 rings (SSSR count). The molecule has 0 amide bonds. The smallest absolute Gasteiger partial charge is 0.303 e. The van der Waals surface area contributed by atoms with Crippen LogP contribution in [0.4, 0.5) is 5.69 Å². The van der Waals surface area contributed by atoms with Crippen LogP contribution in [0.3, 0.4) is 0 Å². The Kier molecular flexibility index (Phi) is 7.44. The molecule has 6 nitrogen and oxygen atoms in total. The predicted molar refractivity (Wildman–Crippen MR) is 157 cm³/mol. The quantitative estimate of drug-likeness (QED) is 0.392. The number of anilines is 1. The molecule has 3 fully saturated rings. The maximum atomic E-state index is 14.0. The van der Waals surface area contributed by atoms with Gasteiger partial charge in [0.15, 0.2) is 18.2 Å². The summed E-state index contributed by atoms with van der Waals surface area (Å²) in [6.45, 7) is 5.13. The van der Waals surface area contributed by atoms with Crippen molar-refractivity contribution in [2.24, 2.45) is 22.7 Å². The van der Waals surface area contributed by atoms with Crippen molar-refractivity contribution in [3.05, 3.63) is 52.6 Å². The fourth-order valence-corrected chi connectivity index (χ4v) is 9.09. The molecule has 216 valence electrons. The van der Waals surface area contributed by atoms with Crippen molar-refractivity contribution in [1.82, 2.24) is 0 Å². The Morgan fingerprint density at radius 3 is 2.56 bits per heavy atom. The van der Waals surface area contributed by atoms with Crippen LogP contribution < -0.4 is 4.90 Å². The Labute approximate surface area is 243 Å². The number of carbonyl (C=O) groups excluding carboxylic acids is 3. The summed E-state index contributed by atoms with van der Waals surface area (Å²) in [6, 6.07) is 9.04. The highest BCUT2D eigenvalue weighted by atomic mass is 16.5. The van der Waals surface area contributed by atoms with Crippen LogP contribution in [0.25, 0.3) is 0 Å². The summed E-state index contributed by atoms with van der Waals surface area (Å²) in [5.74, 6) is 6.37. The number of benzene rings is 1. The zero-order valence-corrected chi connectivity index (χ0v) is 24.3. The Hall–Kier alpha value is -3.17. The van der Waals surface area contributed by atoms with Gasteiger partial charge in [-0.1, -0.05) is 36.5 Å². The first-order chi connectivity index (χ1) is 19.8. The highest BCUT2D eigenvalue weighted by molar-refractivity contribution is 5.93. The first kappa shape index (κ1) is 28.0. The fourth-order valence-electron chi connectivity index (χ4n) is 9.09. The third-order valence-electron chi connectivity index (χ3n) is 11.0. The number of aliphatic hydroxyl groups excluding tert-OH is 1. The van der Waals surface area contributed by atoms with Crippen molar-refractivity contribution >= 4 is 23.2 Å². The van der Waals surface area contributed by atoms with Crippen LogP contribution in [-0.2, 0) is 19.1 Å². The Morgan fingerprint density at radius 2 is 1.85 bits per heavy atom. The normalized spacial score (nSPS) is 32.4. The van der Waals surface area contributed by atoms with Gasteiger partial charge in [-0.05, 0) is 104 Å². The van der Waals surface area contributed by atoms with E-state index in [0.29, 0.717) is 18.8 Å². The second-order valence-corrected chi connectivity index (χ2v) is 12.9. The van der Waals surface area contributed by atoms with Crippen molar-refractivity contribution in [3.63, 3.8) is 0 Å². The molecule has 5 atom stereocenters. The number of hydrogen-bond donors (Lipinski definition) is 1. The number of Topliss-reactive ketones (excluding diaryl/α,β-unsaturated/α-hetero) is 1. The molecule has 6 heteroatoms. The molecule has 1 aromatic carbocycles. The van der Waals surface area contributed by atoms with E-state index in [9.17, 15) is 19.5 Å². The number of allylic oxidation sites excluding steroid dienone is 4. The van der Waals surface area contributed by atoms with Gasteiger partial charge in [0, 0.05) is 38.0 Å². The summed E-state index contributed by atoms with van der Waals surface area (Å²) in [6.07, 6.45) is 9.77. The second kappa shape index (κ2) is 10.9. The maximum absolute atomic E-state index is 14.0. The third kappa shape index (κ3) is 4.67. The van der Waals surface area contributed by atoms with E-state index in [2.05, 4.69) is 47.9 Å². The predicted octanol–water partition coefficient (Wildman–Crippen LogP) is 5.30. The highest BCUT2D eigenvalue weighted by Gasteiger charge is 2.65. The van der Waals surface area contributed by atoms with Crippen molar-refractivity contribution in [3.8, 4) is 11.8 Å². The van der Waals surface area contributed by atoms with Crippen LogP contribution in [0.15, 0.2) is 47.1 Å². The number of nitrogens with zero attached hydrogens (tertiary/aromatic N) is 1. The molecule has 0 radical (unpaired) electrons. The minimum atomic E-state index is -0.988. The molecule has 1 unspecified atom stereocenters. The molecule has 0 aromatic heterocycles. The summed E-state index contributed by atoms with van der Waals surface area (Å²) in [5, 5.41) is 9.69. The first-order valence-electron chi connectivity index (χ1n) is 15.4. The molecule has 1 N–H and O–H groups in total. The van der Waals surface area contributed by atoms with E-state index in [0.717, 1.165) is 45.2 Å². The van der Waals surface area contributed by atoms with Gasteiger partial charge in [0.05, 0.1) is 5.41 Å². The van der Waals surface area contributed by atoms with Gasteiger partial charge < -0.3 is 14.7 Å². The zero-order valence-electron chi connectivity index (χ0n) is 24.3. The van der Waals surface area contributed by atoms with Gasteiger partial charge in [-0.3, -0.25) is 14.4 Å². The molecular formula is C35H41NO5. The molecule has 2 saturated carbocycles. The number of ketones is 2. The van der Waals surface area contributed by atoms with Gasteiger partial charge in [0.25, 0.3) is 0 Å². The Bertz CT molecular complexity index is 1370. The molecule has 0 bridgehead atoms. The molecule has 0 spiro atoms. The van der Waals surface area contributed by atoms with Gasteiger partial charge in [0.2, 0.25) is 0 Å². The van der Waals surface area contributed by atoms with Crippen LogP contribution in [0.1, 0.15) is 83.1 Å². The third-order valence-corrected chi connectivity index (χ3v) is 11.0. The number of hydrogen-bond acceptors (Lipinski definition) is 6. The fraction of sp³-hybridized carbons (Fsp3) is 0.571. The number of esters is 1. The minimum absolute atomic E-state index is 0.107. The number of rotatable bonds is 5. The van der Waals surface area contributed by atoms with E-state index in [1.165, 1.54) is 47.7 Å². The monoisotopic (exact) mass is 555 g/mol. The van der Waals surface area contributed by atoms with E-state index < -0.39 is 16.8 Å². The molecule has 1 aromatic rings.